The van der Waals surface area contributed by atoms with Crippen LogP contribution in [0.15, 0.2) is 11.8 Å². The van der Waals surface area contributed by atoms with Gasteiger partial charge in [0.2, 0.25) is 8.32 Å². The van der Waals surface area contributed by atoms with Gasteiger partial charge in [-0.3, -0.25) is 9.59 Å². The van der Waals surface area contributed by atoms with E-state index in [0.29, 0.717) is 19.0 Å². The van der Waals surface area contributed by atoms with Gasteiger partial charge in [-0.25, -0.2) is 0 Å². The molecule has 0 aromatic rings. The molecule has 3 aliphatic rings. The molecule has 0 aromatic carbocycles. The number of fused-ring (bicyclic) bond motifs is 1. The fourth-order valence-electron chi connectivity index (χ4n) is 3.43. The van der Waals surface area contributed by atoms with Crippen molar-refractivity contribution < 1.29 is 28.2 Å². The molecule has 2 fully saturated rings. The number of esters is 2. The molecule has 0 amide bonds. The van der Waals surface area contributed by atoms with Crippen LogP contribution in [0, 0.1) is 23.7 Å². The maximum Gasteiger partial charge on any atom is 0.318 e. The predicted molar refractivity (Wildman–Crippen MR) is 78.9 cm³/mol. The molecule has 7 heteroatoms. The summed E-state index contributed by atoms with van der Waals surface area (Å²) in [4.78, 5) is 24.2. The van der Waals surface area contributed by atoms with Gasteiger partial charge in [-0.05, 0) is 31.6 Å². The third-order valence-electron chi connectivity index (χ3n) is 4.21. The molecule has 1 aliphatic carbocycles. The van der Waals surface area contributed by atoms with Crippen LogP contribution in [0.2, 0.25) is 19.6 Å². The predicted octanol–water partition coefficient (Wildman–Crippen LogP) is 1.68. The lowest BCUT2D eigenvalue weighted by Gasteiger charge is -2.38. The van der Waals surface area contributed by atoms with Gasteiger partial charge in [-0.15, -0.1) is 0 Å². The van der Waals surface area contributed by atoms with Crippen molar-refractivity contribution in [1.82, 2.24) is 0 Å². The van der Waals surface area contributed by atoms with Gasteiger partial charge >= 0.3 is 11.9 Å². The van der Waals surface area contributed by atoms with Gasteiger partial charge in [0.05, 0.1) is 36.7 Å². The molecule has 2 heterocycles. The maximum absolute atomic E-state index is 12.2. The highest BCUT2D eigenvalue weighted by Crippen LogP contribution is 2.47. The van der Waals surface area contributed by atoms with Gasteiger partial charge in [-0.1, -0.05) is 6.92 Å². The number of rotatable bonds is 3. The van der Waals surface area contributed by atoms with E-state index in [9.17, 15) is 9.59 Å². The Morgan fingerprint density at radius 3 is 2.23 bits per heavy atom. The molecule has 0 radical (unpaired) electrons. The molecule has 2 saturated heterocycles. The van der Waals surface area contributed by atoms with E-state index in [1.807, 2.05) is 13.0 Å². The first-order chi connectivity index (χ1) is 10.3. The van der Waals surface area contributed by atoms with Gasteiger partial charge in [0.15, 0.2) is 6.29 Å². The van der Waals surface area contributed by atoms with Crippen LogP contribution in [0.25, 0.3) is 0 Å². The molecular formula is C15H22O6Si. The summed E-state index contributed by atoms with van der Waals surface area (Å²) in [6, 6.07) is 0. The van der Waals surface area contributed by atoms with E-state index in [1.54, 1.807) is 0 Å². The molecule has 4 atom stereocenters. The average Bonchev–Trinajstić information content (AvgIpc) is 2.97. The van der Waals surface area contributed by atoms with Gasteiger partial charge in [0.25, 0.3) is 0 Å². The SMILES string of the molecule is C[C@@H]1C=C(O[Si](C)(C)C)[C@H](C2OCCO2)C2C(=O)OC(=O)C21. The van der Waals surface area contributed by atoms with Gasteiger partial charge < -0.3 is 18.6 Å². The van der Waals surface area contributed by atoms with Crippen LogP contribution >= 0.6 is 0 Å². The third kappa shape index (κ3) is 2.73. The number of hydrogen-bond acceptors (Lipinski definition) is 6. The van der Waals surface area contributed by atoms with Crippen molar-refractivity contribution in [2.45, 2.75) is 32.9 Å². The quantitative estimate of drug-likeness (QED) is 0.446. The Morgan fingerprint density at radius 1 is 1.05 bits per heavy atom. The first-order valence-electron chi connectivity index (χ1n) is 7.67. The van der Waals surface area contributed by atoms with E-state index in [1.165, 1.54) is 0 Å². The van der Waals surface area contributed by atoms with Gasteiger partial charge in [0, 0.05) is 0 Å². The molecule has 3 rings (SSSR count). The second-order valence-corrected chi connectivity index (χ2v) is 11.5. The van der Waals surface area contributed by atoms with Crippen LogP contribution in [-0.4, -0.2) is 39.8 Å². The van der Waals surface area contributed by atoms with Crippen molar-refractivity contribution >= 4 is 20.3 Å². The van der Waals surface area contributed by atoms with Crippen molar-refractivity contribution in [1.29, 1.82) is 0 Å². The van der Waals surface area contributed by atoms with Gasteiger partial charge in [-0.2, -0.15) is 0 Å². The number of carbonyl (C=O) groups excluding carboxylic acids is 2. The third-order valence-corrected chi connectivity index (χ3v) is 5.05. The standard InChI is InChI=1S/C15H22O6Si/c1-8-7-9(21-22(2,3)4)11(15-18-5-6-19-15)12-10(8)13(16)20-14(12)17/h7-8,10-12,15H,5-6H2,1-4H3/t8-,10?,11+,12?/m1/s1. The fraction of sp³-hybridized carbons (Fsp3) is 0.733. The lowest BCUT2D eigenvalue weighted by molar-refractivity contribution is -0.156. The molecule has 6 nitrogen and oxygen atoms in total. The summed E-state index contributed by atoms with van der Waals surface area (Å²) < 4.78 is 22.3. The van der Waals surface area contributed by atoms with Crippen LogP contribution in [0.5, 0.6) is 0 Å². The maximum atomic E-state index is 12.2. The fourth-order valence-corrected chi connectivity index (χ4v) is 4.35. The second kappa shape index (κ2) is 5.47. The summed E-state index contributed by atoms with van der Waals surface area (Å²) in [6.45, 7) is 9.12. The first-order valence-corrected chi connectivity index (χ1v) is 11.1. The number of ether oxygens (including phenoxy) is 3. The zero-order valence-electron chi connectivity index (χ0n) is 13.3. The number of carbonyl (C=O) groups is 2. The molecule has 0 aromatic heterocycles. The molecule has 2 unspecified atom stereocenters. The van der Waals surface area contributed by atoms with Gasteiger partial charge in [0.1, 0.15) is 0 Å². The van der Waals surface area contributed by atoms with Crippen LogP contribution in [0.3, 0.4) is 0 Å². The highest BCUT2D eigenvalue weighted by atomic mass is 28.4. The van der Waals surface area contributed by atoms with Crippen LogP contribution in [0.4, 0.5) is 0 Å². The minimum absolute atomic E-state index is 0.104. The van der Waals surface area contributed by atoms with Crippen LogP contribution in [-0.2, 0) is 28.2 Å². The van der Waals surface area contributed by atoms with Crippen LogP contribution in [0.1, 0.15) is 6.92 Å². The number of hydrogen-bond donors (Lipinski definition) is 0. The molecule has 0 saturated carbocycles. The summed E-state index contributed by atoms with van der Waals surface area (Å²) >= 11 is 0. The largest absolute Gasteiger partial charge is 0.547 e. The Labute approximate surface area is 130 Å². The number of cyclic esters (lactones) is 2. The van der Waals surface area contributed by atoms with Crippen molar-refractivity contribution in [2.24, 2.45) is 23.7 Å². The van der Waals surface area contributed by atoms with Crippen molar-refractivity contribution in [3.8, 4) is 0 Å². The summed E-state index contributed by atoms with van der Waals surface area (Å²) in [6.07, 6.45) is 1.38. The normalized spacial score (nSPS) is 36.1. The zero-order chi connectivity index (χ0) is 16.1. The Morgan fingerprint density at radius 2 is 1.64 bits per heavy atom. The summed E-state index contributed by atoms with van der Waals surface area (Å²) in [5, 5.41) is 0. The number of allylic oxidation sites excluding steroid dienone is 1. The highest BCUT2D eigenvalue weighted by Gasteiger charge is 2.57. The minimum Gasteiger partial charge on any atom is -0.547 e. The van der Waals surface area contributed by atoms with Crippen LogP contribution < -0.4 is 0 Å². The molecule has 22 heavy (non-hydrogen) atoms. The summed E-state index contributed by atoms with van der Waals surface area (Å²) in [5.41, 5.74) is 0. The zero-order valence-corrected chi connectivity index (χ0v) is 14.3. The molecule has 0 N–H and O–H groups in total. The Hall–Kier alpha value is -1.18. The van der Waals surface area contributed by atoms with Crippen molar-refractivity contribution in [2.75, 3.05) is 13.2 Å². The molecule has 122 valence electrons. The summed E-state index contributed by atoms with van der Waals surface area (Å²) in [7, 11) is -1.87. The lowest BCUT2D eigenvalue weighted by Crippen LogP contribution is -2.44. The van der Waals surface area contributed by atoms with Crippen molar-refractivity contribution in [3.05, 3.63) is 11.8 Å². The Bertz CT molecular complexity index is 517. The molecular weight excluding hydrogens is 304 g/mol. The van der Waals surface area contributed by atoms with E-state index >= 15 is 0 Å². The Kier molecular flexibility index (Phi) is 3.90. The molecule has 0 bridgehead atoms. The highest BCUT2D eigenvalue weighted by molar-refractivity contribution is 6.70. The second-order valence-electron chi connectivity index (χ2n) is 7.07. The average molecular weight is 326 g/mol. The molecule has 2 aliphatic heterocycles. The van der Waals surface area contributed by atoms with E-state index in [-0.39, 0.29) is 5.92 Å². The molecule has 0 spiro atoms. The van der Waals surface area contributed by atoms with E-state index in [4.69, 9.17) is 18.6 Å². The van der Waals surface area contributed by atoms with E-state index in [2.05, 4.69) is 19.6 Å². The van der Waals surface area contributed by atoms with E-state index < -0.39 is 44.3 Å². The monoisotopic (exact) mass is 326 g/mol. The first kappa shape index (κ1) is 15.7. The lowest BCUT2D eigenvalue weighted by atomic mass is 9.71. The Balaban J connectivity index is 1.99. The summed E-state index contributed by atoms with van der Waals surface area (Å²) in [5.74, 6) is -1.79. The van der Waals surface area contributed by atoms with E-state index in [0.717, 1.165) is 0 Å². The van der Waals surface area contributed by atoms with Crippen molar-refractivity contribution in [3.63, 3.8) is 0 Å². The topological polar surface area (TPSA) is 71.1 Å². The minimum atomic E-state index is -1.87. The smallest absolute Gasteiger partial charge is 0.318 e.